The van der Waals surface area contributed by atoms with E-state index in [1.165, 1.54) is 6.07 Å². The van der Waals surface area contributed by atoms with E-state index in [0.29, 0.717) is 26.3 Å². The van der Waals surface area contributed by atoms with E-state index in [4.69, 9.17) is 16.3 Å². The third kappa shape index (κ3) is 2.95. The number of halogens is 2. The highest BCUT2D eigenvalue weighted by molar-refractivity contribution is 6.30. The number of carbonyl (C=O) groups excluding carboxylic acids is 1. The van der Waals surface area contributed by atoms with E-state index in [9.17, 15) is 9.18 Å². The molecule has 1 N–H and O–H groups in total. The lowest BCUT2D eigenvalue weighted by atomic mass is 10.1. The van der Waals surface area contributed by atoms with Crippen molar-refractivity contribution in [1.29, 1.82) is 0 Å². The molecule has 1 amide bonds. The summed E-state index contributed by atoms with van der Waals surface area (Å²) >= 11 is 5.80. The molecule has 0 spiro atoms. The van der Waals surface area contributed by atoms with E-state index >= 15 is 0 Å². The first-order chi connectivity index (χ1) is 9.61. The Kier molecular flexibility index (Phi) is 3.92. The van der Waals surface area contributed by atoms with Crippen molar-refractivity contribution < 1.29 is 13.9 Å². The Morgan fingerprint density at radius 1 is 1.40 bits per heavy atom. The number of fused-ring (bicyclic) bond motifs is 3. The molecule has 0 unspecified atom stereocenters. The molecule has 20 heavy (non-hydrogen) atoms. The summed E-state index contributed by atoms with van der Waals surface area (Å²) in [6.45, 7) is 3.04. The van der Waals surface area contributed by atoms with Crippen molar-refractivity contribution in [2.75, 3.05) is 26.3 Å². The highest BCUT2D eigenvalue weighted by Crippen LogP contribution is 2.20. The van der Waals surface area contributed by atoms with Crippen molar-refractivity contribution in [1.82, 2.24) is 10.2 Å². The van der Waals surface area contributed by atoms with Crippen molar-refractivity contribution in [2.24, 2.45) is 5.92 Å². The average Bonchev–Trinajstić information content (AvgIpc) is 2.63. The largest absolute Gasteiger partial charge is 0.378 e. The van der Waals surface area contributed by atoms with Gasteiger partial charge in [0.1, 0.15) is 5.82 Å². The Morgan fingerprint density at radius 2 is 2.25 bits per heavy atom. The predicted octanol–water partition coefficient (Wildman–Crippen LogP) is 1.43. The minimum Gasteiger partial charge on any atom is -0.378 e. The number of ether oxygens (including phenoxy) is 1. The number of hydrogen-bond acceptors (Lipinski definition) is 3. The first-order valence-corrected chi connectivity index (χ1v) is 7.04. The Morgan fingerprint density at radius 3 is 3.05 bits per heavy atom. The highest BCUT2D eigenvalue weighted by Gasteiger charge is 2.33. The van der Waals surface area contributed by atoms with E-state index in [0.717, 1.165) is 12.1 Å². The summed E-state index contributed by atoms with van der Waals surface area (Å²) in [7, 11) is 0. The maximum absolute atomic E-state index is 13.2. The van der Waals surface area contributed by atoms with Gasteiger partial charge in [0.05, 0.1) is 30.2 Å². The second-order valence-electron chi connectivity index (χ2n) is 5.38. The molecule has 2 saturated heterocycles. The molecule has 0 aliphatic carbocycles. The second kappa shape index (κ2) is 5.68. The second-order valence-corrected chi connectivity index (χ2v) is 5.79. The van der Waals surface area contributed by atoms with Crippen LogP contribution in [0.25, 0.3) is 0 Å². The number of nitrogens with one attached hydrogen (secondary N) is 1. The lowest BCUT2D eigenvalue weighted by Gasteiger charge is -2.27. The number of hydrogen-bond donors (Lipinski definition) is 1. The van der Waals surface area contributed by atoms with Gasteiger partial charge in [0.25, 0.3) is 0 Å². The highest BCUT2D eigenvalue weighted by atomic mass is 35.5. The topological polar surface area (TPSA) is 41.6 Å². The van der Waals surface area contributed by atoms with Crippen molar-refractivity contribution in [3.8, 4) is 0 Å². The SMILES string of the molecule is O=C1N[C@@H]2COC[C@H]1CN(Cc1ccc(F)c(Cl)c1)C2. The van der Waals surface area contributed by atoms with Crippen molar-refractivity contribution in [3.63, 3.8) is 0 Å². The molecule has 0 radical (unpaired) electrons. The predicted molar refractivity (Wildman–Crippen MR) is 72.9 cm³/mol. The molecule has 0 aromatic heterocycles. The number of nitrogens with zero attached hydrogens (tertiary/aromatic N) is 1. The van der Waals surface area contributed by atoms with Crippen LogP contribution in [0.5, 0.6) is 0 Å². The molecule has 6 heteroatoms. The van der Waals surface area contributed by atoms with E-state index in [-0.39, 0.29) is 22.9 Å². The fourth-order valence-corrected chi connectivity index (χ4v) is 2.95. The normalized spacial score (nSPS) is 27.0. The van der Waals surface area contributed by atoms with E-state index < -0.39 is 5.82 Å². The third-order valence-electron chi connectivity index (χ3n) is 3.70. The van der Waals surface area contributed by atoms with E-state index in [2.05, 4.69) is 10.2 Å². The van der Waals surface area contributed by atoms with Gasteiger partial charge in [0, 0.05) is 19.6 Å². The zero-order chi connectivity index (χ0) is 14.1. The molecule has 4 nitrogen and oxygen atoms in total. The van der Waals surface area contributed by atoms with Crippen LogP contribution < -0.4 is 5.32 Å². The Hall–Kier alpha value is -1.17. The smallest absolute Gasteiger partial charge is 0.227 e. The van der Waals surface area contributed by atoms with Crippen LogP contribution in [-0.4, -0.2) is 43.2 Å². The van der Waals surface area contributed by atoms with Crippen LogP contribution in [0.4, 0.5) is 4.39 Å². The quantitative estimate of drug-likeness (QED) is 0.898. The summed E-state index contributed by atoms with van der Waals surface area (Å²) in [5.41, 5.74) is 0.949. The van der Waals surface area contributed by atoms with Crippen LogP contribution in [0.15, 0.2) is 18.2 Å². The molecule has 1 aromatic rings. The minimum atomic E-state index is -0.409. The molecule has 2 bridgehead atoms. The minimum absolute atomic E-state index is 0.0194. The summed E-state index contributed by atoms with van der Waals surface area (Å²) in [4.78, 5) is 14.1. The van der Waals surface area contributed by atoms with Gasteiger partial charge in [-0.15, -0.1) is 0 Å². The van der Waals surface area contributed by atoms with Gasteiger partial charge >= 0.3 is 0 Å². The number of amides is 1. The van der Waals surface area contributed by atoms with Gasteiger partial charge in [-0.1, -0.05) is 17.7 Å². The average molecular weight is 299 g/mol. The van der Waals surface area contributed by atoms with E-state index in [1.807, 2.05) is 0 Å². The molecule has 0 saturated carbocycles. The van der Waals surface area contributed by atoms with Crippen LogP contribution in [-0.2, 0) is 16.1 Å². The number of benzene rings is 1. The lowest BCUT2D eigenvalue weighted by Crippen LogP contribution is -2.41. The molecule has 108 valence electrons. The van der Waals surface area contributed by atoms with Crippen LogP contribution in [0.1, 0.15) is 5.56 Å². The Labute approximate surface area is 121 Å². The fraction of sp³-hybridized carbons (Fsp3) is 0.500. The molecule has 2 aliphatic heterocycles. The van der Waals surface area contributed by atoms with Crippen LogP contribution in [0.2, 0.25) is 5.02 Å². The van der Waals surface area contributed by atoms with Gasteiger partial charge in [-0.25, -0.2) is 4.39 Å². The maximum atomic E-state index is 13.2. The number of rotatable bonds is 2. The van der Waals surface area contributed by atoms with Gasteiger partial charge in [-0.3, -0.25) is 9.69 Å². The molecule has 2 aliphatic rings. The Bertz CT molecular complexity index is 526. The van der Waals surface area contributed by atoms with Crippen LogP contribution >= 0.6 is 11.6 Å². The maximum Gasteiger partial charge on any atom is 0.227 e. The zero-order valence-corrected chi connectivity index (χ0v) is 11.7. The summed E-state index contributed by atoms with van der Waals surface area (Å²) in [5, 5.41) is 3.12. The van der Waals surface area contributed by atoms with Crippen LogP contribution in [0, 0.1) is 11.7 Å². The summed E-state index contributed by atoms with van der Waals surface area (Å²) in [6.07, 6.45) is 0. The Balaban J connectivity index is 1.74. The van der Waals surface area contributed by atoms with Gasteiger partial charge < -0.3 is 10.1 Å². The fourth-order valence-electron chi connectivity index (χ4n) is 2.75. The molecule has 2 heterocycles. The van der Waals surface area contributed by atoms with Crippen molar-refractivity contribution in [3.05, 3.63) is 34.6 Å². The summed E-state index contributed by atoms with van der Waals surface area (Å²) < 4.78 is 18.6. The van der Waals surface area contributed by atoms with Gasteiger partial charge in [-0.2, -0.15) is 0 Å². The molecule has 3 rings (SSSR count). The molecular formula is C14H16ClFN2O2. The first kappa shape index (κ1) is 13.8. The number of carbonyl (C=O) groups is 1. The molecule has 2 atom stereocenters. The molecular weight excluding hydrogens is 283 g/mol. The first-order valence-electron chi connectivity index (χ1n) is 6.66. The monoisotopic (exact) mass is 298 g/mol. The molecule has 1 aromatic carbocycles. The summed E-state index contributed by atoms with van der Waals surface area (Å²) in [6, 6.07) is 4.77. The van der Waals surface area contributed by atoms with Gasteiger partial charge in [0.2, 0.25) is 5.91 Å². The lowest BCUT2D eigenvalue weighted by molar-refractivity contribution is -0.125. The van der Waals surface area contributed by atoms with Crippen molar-refractivity contribution in [2.45, 2.75) is 12.6 Å². The van der Waals surface area contributed by atoms with Crippen LogP contribution in [0.3, 0.4) is 0 Å². The zero-order valence-electron chi connectivity index (χ0n) is 10.9. The van der Waals surface area contributed by atoms with Gasteiger partial charge in [-0.05, 0) is 17.7 Å². The van der Waals surface area contributed by atoms with Gasteiger partial charge in [0.15, 0.2) is 0 Å². The summed E-state index contributed by atoms with van der Waals surface area (Å²) in [5.74, 6) is -0.487. The molecule has 2 fully saturated rings. The van der Waals surface area contributed by atoms with Crippen molar-refractivity contribution >= 4 is 17.5 Å². The third-order valence-corrected chi connectivity index (χ3v) is 3.99. The van der Waals surface area contributed by atoms with E-state index in [1.54, 1.807) is 12.1 Å². The standard InChI is InChI=1S/C14H16ClFN2O2/c15-12-3-9(1-2-13(12)16)4-18-5-10-7-20-8-11(6-18)17-14(10)19/h1-3,10-11H,4-8H2,(H,17,19)/t10-,11+/m1/s1.